The molecule has 1 aromatic rings. The van der Waals surface area contributed by atoms with Crippen molar-refractivity contribution in [3.05, 3.63) is 29.6 Å². The quantitative estimate of drug-likeness (QED) is 0.590. The molecule has 3 heteroatoms. The molecule has 0 atom stereocenters. The zero-order valence-corrected chi connectivity index (χ0v) is 10.3. The number of hydrogen-bond donors (Lipinski definition) is 0. The molecule has 1 fully saturated rings. The van der Waals surface area contributed by atoms with Gasteiger partial charge in [0.2, 0.25) is 0 Å². The third-order valence-corrected chi connectivity index (χ3v) is 3.06. The molecular weight excluding hydrogens is 239 g/mol. The van der Waals surface area contributed by atoms with Crippen molar-refractivity contribution in [2.45, 2.75) is 19.3 Å². The summed E-state index contributed by atoms with van der Waals surface area (Å²) in [5, 5.41) is 0. The van der Waals surface area contributed by atoms with Gasteiger partial charge in [-0.05, 0) is 37.0 Å². The molecule has 0 amide bonds. The van der Waals surface area contributed by atoms with E-state index in [2.05, 4.69) is 11.8 Å². The molecule has 0 unspecified atom stereocenters. The predicted molar refractivity (Wildman–Crippen MR) is 66.8 cm³/mol. The number of alkyl halides is 1. The van der Waals surface area contributed by atoms with Crippen molar-refractivity contribution < 1.29 is 9.13 Å². The van der Waals surface area contributed by atoms with Crippen molar-refractivity contribution in [1.82, 2.24) is 0 Å². The molecule has 0 spiro atoms. The van der Waals surface area contributed by atoms with Crippen molar-refractivity contribution in [3.63, 3.8) is 0 Å². The van der Waals surface area contributed by atoms with Crippen LogP contribution in [0.2, 0.25) is 0 Å². The van der Waals surface area contributed by atoms with E-state index in [9.17, 15) is 4.39 Å². The van der Waals surface area contributed by atoms with E-state index in [1.165, 1.54) is 25.3 Å². The molecule has 0 N–H and O–H groups in total. The zero-order valence-electron chi connectivity index (χ0n) is 9.51. The van der Waals surface area contributed by atoms with Gasteiger partial charge in [0.05, 0.1) is 12.5 Å². The minimum absolute atomic E-state index is 0.273. The molecule has 1 nitrogen and oxygen atoms in total. The van der Waals surface area contributed by atoms with Crippen LogP contribution in [0.4, 0.5) is 4.39 Å². The maximum Gasteiger partial charge on any atom is 0.165 e. The van der Waals surface area contributed by atoms with Crippen LogP contribution in [0.5, 0.6) is 5.75 Å². The highest BCUT2D eigenvalue weighted by molar-refractivity contribution is 6.19. The molecule has 1 aromatic carbocycles. The second kappa shape index (κ2) is 5.93. The molecule has 0 radical (unpaired) electrons. The van der Waals surface area contributed by atoms with E-state index in [0.29, 0.717) is 18.3 Å². The minimum Gasteiger partial charge on any atom is -0.490 e. The molecule has 2 rings (SSSR count). The number of ether oxygens (including phenoxy) is 1. The fraction of sp³-hybridized carbons (Fsp3) is 0.429. The Morgan fingerprint density at radius 1 is 1.41 bits per heavy atom. The van der Waals surface area contributed by atoms with Gasteiger partial charge in [-0.15, -0.1) is 11.6 Å². The van der Waals surface area contributed by atoms with Crippen LogP contribution in [0.1, 0.15) is 24.8 Å². The first-order valence-corrected chi connectivity index (χ1v) is 6.30. The van der Waals surface area contributed by atoms with Crippen molar-refractivity contribution in [1.29, 1.82) is 0 Å². The summed E-state index contributed by atoms with van der Waals surface area (Å²) in [7, 11) is 0. The largest absolute Gasteiger partial charge is 0.490 e. The van der Waals surface area contributed by atoms with Crippen LogP contribution in [0.3, 0.4) is 0 Å². The van der Waals surface area contributed by atoms with Gasteiger partial charge in [0.1, 0.15) is 0 Å². The van der Waals surface area contributed by atoms with E-state index in [-0.39, 0.29) is 11.7 Å². The maximum atomic E-state index is 13.5. The number of halogens is 2. The average Bonchev–Trinajstić information content (AvgIpc) is 2.27. The molecule has 1 saturated carbocycles. The zero-order chi connectivity index (χ0) is 12.1. The molecule has 0 saturated heterocycles. The van der Waals surface area contributed by atoms with Crippen molar-refractivity contribution in [3.8, 4) is 17.6 Å². The molecule has 0 heterocycles. The van der Waals surface area contributed by atoms with Gasteiger partial charge in [-0.1, -0.05) is 18.3 Å². The molecule has 90 valence electrons. The smallest absolute Gasteiger partial charge is 0.165 e. The Labute approximate surface area is 106 Å². The Hall–Kier alpha value is -1.20. The van der Waals surface area contributed by atoms with E-state index in [4.69, 9.17) is 16.3 Å². The Bertz CT molecular complexity index is 443. The summed E-state index contributed by atoms with van der Waals surface area (Å²) in [4.78, 5) is 0. The Morgan fingerprint density at radius 2 is 2.24 bits per heavy atom. The van der Waals surface area contributed by atoms with Crippen LogP contribution in [0.15, 0.2) is 18.2 Å². The summed E-state index contributed by atoms with van der Waals surface area (Å²) in [5.74, 6) is 6.41. The fourth-order valence-electron chi connectivity index (χ4n) is 1.69. The highest BCUT2D eigenvalue weighted by atomic mass is 35.5. The summed E-state index contributed by atoms with van der Waals surface area (Å²) in [6, 6.07) is 4.65. The lowest BCUT2D eigenvalue weighted by atomic mass is 9.86. The second-order valence-electron chi connectivity index (χ2n) is 4.19. The average molecular weight is 253 g/mol. The van der Waals surface area contributed by atoms with Gasteiger partial charge < -0.3 is 4.74 Å². The van der Waals surface area contributed by atoms with E-state index in [1.807, 2.05) is 0 Å². The third kappa shape index (κ3) is 3.38. The fourth-order valence-corrected chi connectivity index (χ4v) is 1.76. The number of benzene rings is 1. The standard InChI is InChI=1S/C14H14ClFO/c15-8-2-5-11-6-7-13(16)14(9-11)17-10-12-3-1-4-12/h6-7,9,12H,1,3-4,8,10H2. The van der Waals surface area contributed by atoms with Gasteiger partial charge in [-0.25, -0.2) is 4.39 Å². The molecule has 17 heavy (non-hydrogen) atoms. The summed E-state index contributed by atoms with van der Waals surface area (Å²) in [6.45, 7) is 0.601. The molecule has 0 aromatic heterocycles. The Morgan fingerprint density at radius 3 is 2.88 bits per heavy atom. The normalized spacial score (nSPS) is 14.7. The van der Waals surface area contributed by atoms with Crippen molar-refractivity contribution in [2.24, 2.45) is 5.92 Å². The first kappa shape index (κ1) is 12.3. The van der Waals surface area contributed by atoms with E-state index >= 15 is 0 Å². The van der Waals surface area contributed by atoms with Gasteiger partial charge >= 0.3 is 0 Å². The van der Waals surface area contributed by atoms with Crippen LogP contribution >= 0.6 is 11.6 Å². The van der Waals surface area contributed by atoms with Gasteiger partial charge in [0.25, 0.3) is 0 Å². The second-order valence-corrected chi connectivity index (χ2v) is 4.46. The Kier molecular flexibility index (Phi) is 4.28. The van der Waals surface area contributed by atoms with Gasteiger partial charge in [0, 0.05) is 5.56 Å². The Balaban J connectivity index is 2.02. The highest BCUT2D eigenvalue weighted by Gasteiger charge is 2.18. The summed E-state index contributed by atoms with van der Waals surface area (Å²) >= 11 is 5.47. The molecule has 0 bridgehead atoms. The van der Waals surface area contributed by atoms with Crippen molar-refractivity contribution in [2.75, 3.05) is 12.5 Å². The summed E-state index contributed by atoms with van der Waals surface area (Å²) in [5.41, 5.74) is 0.732. The predicted octanol–water partition coefficient (Wildman–Crippen LogP) is 3.59. The molecule has 1 aliphatic carbocycles. The van der Waals surface area contributed by atoms with Gasteiger partial charge in [-0.2, -0.15) is 0 Å². The third-order valence-electron chi connectivity index (χ3n) is 2.93. The van der Waals surface area contributed by atoms with Gasteiger partial charge in [-0.3, -0.25) is 0 Å². The van der Waals surface area contributed by atoms with Crippen molar-refractivity contribution >= 4 is 11.6 Å². The summed E-state index contributed by atoms with van der Waals surface area (Å²) in [6.07, 6.45) is 3.64. The first-order valence-electron chi connectivity index (χ1n) is 5.77. The monoisotopic (exact) mass is 252 g/mol. The molecule has 0 aliphatic heterocycles. The lowest BCUT2D eigenvalue weighted by Crippen LogP contribution is -2.19. The van der Waals surface area contributed by atoms with Gasteiger partial charge in [0.15, 0.2) is 11.6 Å². The van der Waals surface area contributed by atoms with Crippen LogP contribution < -0.4 is 4.74 Å². The van der Waals surface area contributed by atoms with E-state index in [1.54, 1.807) is 12.1 Å². The van der Waals surface area contributed by atoms with E-state index < -0.39 is 0 Å². The first-order chi connectivity index (χ1) is 8.29. The topological polar surface area (TPSA) is 9.23 Å². The lowest BCUT2D eigenvalue weighted by Gasteiger charge is -2.25. The van der Waals surface area contributed by atoms with Crippen LogP contribution in [0, 0.1) is 23.6 Å². The highest BCUT2D eigenvalue weighted by Crippen LogP contribution is 2.28. The van der Waals surface area contributed by atoms with Crippen LogP contribution in [-0.4, -0.2) is 12.5 Å². The maximum absolute atomic E-state index is 13.5. The summed E-state index contributed by atoms with van der Waals surface area (Å²) < 4.78 is 19.0. The molecule has 1 aliphatic rings. The lowest BCUT2D eigenvalue weighted by molar-refractivity contribution is 0.175. The van der Waals surface area contributed by atoms with Crippen LogP contribution in [-0.2, 0) is 0 Å². The SMILES string of the molecule is Fc1ccc(C#CCCl)cc1OCC1CCC1. The van der Waals surface area contributed by atoms with E-state index in [0.717, 1.165) is 5.56 Å². The number of hydrogen-bond acceptors (Lipinski definition) is 1. The van der Waals surface area contributed by atoms with Crippen LogP contribution in [0.25, 0.3) is 0 Å². The molecular formula is C14H14ClFO. The number of rotatable bonds is 3. The minimum atomic E-state index is -0.333.